The zero-order valence-corrected chi connectivity index (χ0v) is 27.7. The molecule has 250 valence electrons. The zero-order valence-electron chi connectivity index (χ0n) is 26.9. The molecule has 4 aromatic rings. The highest BCUT2D eigenvalue weighted by atomic mass is 32.2. The minimum Gasteiger partial charge on any atom is -0.497 e. The van der Waals surface area contributed by atoms with Crippen LogP contribution >= 0.6 is 11.8 Å². The Morgan fingerprint density at radius 1 is 0.979 bits per heavy atom. The Kier molecular flexibility index (Phi) is 10.8. The number of alkyl halides is 3. The van der Waals surface area contributed by atoms with E-state index in [1.165, 1.54) is 40.8 Å². The van der Waals surface area contributed by atoms with Crippen LogP contribution in [0.1, 0.15) is 57.1 Å². The number of methoxy groups -OCH3 is 1. The number of thioether (sulfide) groups is 1. The molecule has 5 rings (SSSR count). The Morgan fingerprint density at radius 3 is 2.34 bits per heavy atom. The standard InChI is InChI=1S/C34H39F3N6O3S/c1-21(2)29-19-28(45-5)15-16-30(29)42-17-6-18-47-33(42)40-32(44)39-23(4)22(3)24-7-9-25(10-8-24)31-38-20-43(41-31)26-11-13-27(14-12-26)46-34(35,36)37/h7-16,19-23,32,39,44H,6,17-18H2,1-5H3. The first-order valence-electron chi connectivity index (χ1n) is 15.4. The van der Waals surface area contributed by atoms with Crippen LogP contribution in [0.5, 0.6) is 11.5 Å². The fraction of sp³-hybridized carbons (Fsp3) is 0.382. The number of hydrogen-bond acceptors (Lipinski definition) is 8. The largest absolute Gasteiger partial charge is 0.573 e. The number of aliphatic hydroxyl groups is 1. The number of aliphatic hydroxyl groups excluding tert-OH is 1. The normalized spacial score (nSPS) is 16.7. The average Bonchev–Trinajstić information content (AvgIpc) is 3.54. The van der Waals surface area contributed by atoms with Crippen LogP contribution in [0.2, 0.25) is 0 Å². The molecule has 0 aliphatic carbocycles. The fourth-order valence-corrected chi connectivity index (χ4v) is 6.30. The predicted octanol–water partition coefficient (Wildman–Crippen LogP) is 7.32. The van der Waals surface area contributed by atoms with Crippen molar-refractivity contribution in [1.82, 2.24) is 20.1 Å². The van der Waals surface area contributed by atoms with E-state index in [0.717, 1.165) is 46.4 Å². The Hall–Kier alpha value is -4.07. The first-order valence-corrected chi connectivity index (χ1v) is 16.4. The molecule has 1 saturated heterocycles. The number of hydrogen-bond donors (Lipinski definition) is 2. The van der Waals surface area contributed by atoms with Gasteiger partial charge in [-0.2, -0.15) is 0 Å². The molecule has 1 aromatic heterocycles. The number of halogens is 3. The van der Waals surface area contributed by atoms with E-state index in [0.29, 0.717) is 11.5 Å². The molecule has 47 heavy (non-hydrogen) atoms. The molecule has 3 aromatic carbocycles. The van der Waals surface area contributed by atoms with Crippen molar-refractivity contribution in [3.8, 4) is 28.6 Å². The van der Waals surface area contributed by atoms with Gasteiger partial charge in [-0.3, -0.25) is 5.32 Å². The van der Waals surface area contributed by atoms with Crippen molar-refractivity contribution < 1.29 is 27.8 Å². The molecule has 3 unspecified atom stereocenters. The highest BCUT2D eigenvalue weighted by Gasteiger charge is 2.31. The lowest BCUT2D eigenvalue weighted by molar-refractivity contribution is -0.274. The molecule has 1 aliphatic heterocycles. The highest BCUT2D eigenvalue weighted by molar-refractivity contribution is 8.14. The van der Waals surface area contributed by atoms with Crippen LogP contribution in [0.25, 0.3) is 17.1 Å². The summed E-state index contributed by atoms with van der Waals surface area (Å²) in [5.41, 5.74) is 4.64. The van der Waals surface area contributed by atoms with E-state index >= 15 is 0 Å². The Balaban J connectivity index is 1.23. The smallest absolute Gasteiger partial charge is 0.497 e. The van der Waals surface area contributed by atoms with Gasteiger partial charge in [-0.25, -0.2) is 14.7 Å². The first-order chi connectivity index (χ1) is 22.4. The summed E-state index contributed by atoms with van der Waals surface area (Å²) in [6.45, 7) is 9.23. The number of nitrogens with zero attached hydrogens (tertiary/aromatic N) is 5. The van der Waals surface area contributed by atoms with E-state index in [-0.39, 0.29) is 23.6 Å². The third-order valence-electron chi connectivity index (χ3n) is 8.05. The van der Waals surface area contributed by atoms with E-state index in [4.69, 9.17) is 9.73 Å². The van der Waals surface area contributed by atoms with Gasteiger partial charge in [-0.15, -0.1) is 18.3 Å². The van der Waals surface area contributed by atoms with Crippen molar-refractivity contribution in [3.05, 3.63) is 84.2 Å². The van der Waals surface area contributed by atoms with Gasteiger partial charge in [0.05, 0.1) is 12.8 Å². The van der Waals surface area contributed by atoms with Gasteiger partial charge in [0.25, 0.3) is 0 Å². The quantitative estimate of drug-likeness (QED) is 0.161. The van der Waals surface area contributed by atoms with Crippen LogP contribution < -0.4 is 19.7 Å². The number of aromatic nitrogens is 3. The molecule has 3 atom stereocenters. The Bertz CT molecular complexity index is 1660. The summed E-state index contributed by atoms with van der Waals surface area (Å²) < 4.78 is 48.3. The monoisotopic (exact) mass is 668 g/mol. The van der Waals surface area contributed by atoms with Gasteiger partial charge in [0.2, 0.25) is 6.35 Å². The lowest BCUT2D eigenvalue weighted by atomic mass is 9.93. The summed E-state index contributed by atoms with van der Waals surface area (Å²) in [5, 5.41) is 19.5. The van der Waals surface area contributed by atoms with Crippen molar-refractivity contribution >= 4 is 22.6 Å². The molecule has 13 heteroatoms. The maximum absolute atomic E-state index is 12.5. The third-order valence-corrected chi connectivity index (χ3v) is 9.13. The topological polar surface area (TPSA) is 97.0 Å². The van der Waals surface area contributed by atoms with Crippen molar-refractivity contribution in [3.63, 3.8) is 0 Å². The fourth-order valence-electron chi connectivity index (χ4n) is 5.32. The van der Waals surface area contributed by atoms with Crippen molar-refractivity contribution in [2.45, 2.75) is 64.7 Å². The SMILES string of the molecule is COc1ccc(N2CCCSC2=NC(O)NC(C)C(C)c2ccc(-c3ncn(-c4ccc(OC(F)(F)F)cc4)n3)cc2)c(C(C)C)c1. The van der Waals surface area contributed by atoms with Crippen molar-refractivity contribution in [2.24, 2.45) is 4.99 Å². The number of benzene rings is 3. The molecular weight excluding hydrogens is 629 g/mol. The van der Waals surface area contributed by atoms with Crippen LogP contribution in [0.4, 0.5) is 18.9 Å². The molecule has 1 fully saturated rings. The minimum absolute atomic E-state index is 0.0473. The van der Waals surface area contributed by atoms with Gasteiger partial charge in [-0.05, 0) is 78.8 Å². The lowest BCUT2D eigenvalue weighted by Gasteiger charge is -2.33. The summed E-state index contributed by atoms with van der Waals surface area (Å²) in [6, 6.07) is 19.2. The molecule has 2 heterocycles. The molecule has 0 saturated carbocycles. The predicted molar refractivity (Wildman–Crippen MR) is 179 cm³/mol. The van der Waals surface area contributed by atoms with Gasteiger partial charge >= 0.3 is 6.36 Å². The molecule has 0 bridgehead atoms. The van der Waals surface area contributed by atoms with Crippen molar-refractivity contribution in [2.75, 3.05) is 24.3 Å². The summed E-state index contributed by atoms with van der Waals surface area (Å²) in [6.07, 6.45) is -3.31. The third kappa shape index (κ3) is 8.65. The summed E-state index contributed by atoms with van der Waals surface area (Å²) in [7, 11) is 1.67. The Labute approximate surface area is 276 Å². The van der Waals surface area contributed by atoms with Gasteiger partial charge in [0, 0.05) is 29.6 Å². The molecule has 0 spiro atoms. The second kappa shape index (κ2) is 14.8. The maximum atomic E-state index is 12.5. The van der Waals surface area contributed by atoms with Gasteiger partial charge in [-0.1, -0.05) is 56.8 Å². The van der Waals surface area contributed by atoms with Crippen molar-refractivity contribution in [1.29, 1.82) is 0 Å². The molecule has 1 aliphatic rings. The van der Waals surface area contributed by atoms with E-state index in [1.54, 1.807) is 18.9 Å². The molecule has 9 nitrogen and oxygen atoms in total. The van der Waals surface area contributed by atoms with Crippen LogP contribution in [-0.2, 0) is 0 Å². The average molecular weight is 669 g/mol. The van der Waals surface area contributed by atoms with Crippen LogP contribution in [0.15, 0.2) is 78.0 Å². The summed E-state index contributed by atoms with van der Waals surface area (Å²) in [5.74, 6) is 2.26. The second-order valence-corrected chi connectivity index (χ2v) is 12.7. The van der Waals surface area contributed by atoms with Gasteiger partial charge < -0.3 is 19.5 Å². The number of anilines is 1. The molecular formula is C34H39F3N6O3S. The number of amidine groups is 1. The second-order valence-electron chi connectivity index (χ2n) is 11.6. The summed E-state index contributed by atoms with van der Waals surface area (Å²) in [4.78, 5) is 11.3. The number of ether oxygens (including phenoxy) is 2. The van der Waals surface area contributed by atoms with Gasteiger partial charge in [0.1, 0.15) is 17.8 Å². The Morgan fingerprint density at radius 2 is 1.68 bits per heavy atom. The minimum atomic E-state index is -4.75. The number of aliphatic imine (C=N–C) groups is 1. The lowest BCUT2D eigenvalue weighted by Crippen LogP contribution is -2.41. The summed E-state index contributed by atoms with van der Waals surface area (Å²) >= 11 is 1.64. The first kappa shape index (κ1) is 34.3. The van der Waals surface area contributed by atoms with Gasteiger partial charge in [0.15, 0.2) is 11.0 Å². The van der Waals surface area contributed by atoms with Crippen LogP contribution in [0, 0.1) is 0 Å². The molecule has 0 amide bonds. The maximum Gasteiger partial charge on any atom is 0.573 e. The van der Waals surface area contributed by atoms with E-state index in [9.17, 15) is 18.3 Å². The number of nitrogens with one attached hydrogen (secondary N) is 1. The van der Waals surface area contributed by atoms with Crippen LogP contribution in [-0.4, -0.2) is 63.2 Å². The van der Waals surface area contributed by atoms with E-state index < -0.39 is 12.7 Å². The molecule has 0 radical (unpaired) electrons. The number of rotatable bonds is 11. The molecule has 2 N–H and O–H groups in total. The van der Waals surface area contributed by atoms with E-state index in [2.05, 4.69) is 57.9 Å². The highest BCUT2D eigenvalue weighted by Crippen LogP contribution is 2.35. The zero-order chi connectivity index (χ0) is 33.7. The van der Waals surface area contributed by atoms with E-state index in [1.807, 2.05) is 37.3 Å². The van der Waals surface area contributed by atoms with Crippen LogP contribution in [0.3, 0.4) is 0 Å².